The number of rotatable bonds is 1. The van der Waals surface area contributed by atoms with E-state index in [-0.39, 0.29) is 10.5 Å². The van der Waals surface area contributed by atoms with Crippen LogP contribution in [0.5, 0.6) is 0 Å². The molecule has 0 aliphatic rings. The van der Waals surface area contributed by atoms with Gasteiger partial charge in [0.1, 0.15) is 17.2 Å². The molecule has 0 aliphatic carbocycles. The van der Waals surface area contributed by atoms with E-state index < -0.39 is 11.6 Å². The SMILES string of the molecule is Fc1cccc(-c2nc3c(F)cccc3[nH]2)c1Cl. The number of aromatic nitrogens is 2. The van der Waals surface area contributed by atoms with Crippen LogP contribution in [0.1, 0.15) is 0 Å². The van der Waals surface area contributed by atoms with Crippen LogP contribution in [0.4, 0.5) is 8.78 Å². The van der Waals surface area contributed by atoms with Crippen LogP contribution >= 0.6 is 11.6 Å². The second-order valence-electron chi connectivity index (χ2n) is 3.82. The smallest absolute Gasteiger partial charge is 0.151 e. The minimum atomic E-state index is -0.532. The zero-order valence-electron chi connectivity index (χ0n) is 9.05. The Bertz CT molecular complexity index is 737. The van der Waals surface area contributed by atoms with Crippen molar-refractivity contribution in [2.75, 3.05) is 0 Å². The van der Waals surface area contributed by atoms with E-state index in [0.29, 0.717) is 16.9 Å². The van der Waals surface area contributed by atoms with Crippen molar-refractivity contribution in [1.29, 1.82) is 0 Å². The molecule has 2 nitrogen and oxygen atoms in total. The van der Waals surface area contributed by atoms with Gasteiger partial charge in [0.05, 0.1) is 10.5 Å². The maximum Gasteiger partial charge on any atom is 0.151 e. The van der Waals surface area contributed by atoms with E-state index in [2.05, 4.69) is 9.97 Å². The van der Waals surface area contributed by atoms with E-state index in [1.165, 1.54) is 18.2 Å². The highest BCUT2D eigenvalue weighted by Crippen LogP contribution is 2.29. The van der Waals surface area contributed by atoms with Crippen LogP contribution in [0.2, 0.25) is 5.02 Å². The van der Waals surface area contributed by atoms with Crippen LogP contribution < -0.4 is 0 Å². The third-order valence-corrected chi connectivity index (χ3v) is 3.05. The van der Waals surface area contributed by atoms with E-state index in [4.69, 9.17) is 11.6 Å². The second-order valence-corrected chi connectivity index (χ2v) is 4.20. The summed E-state index contributed by atoms with van der Waals surface area (Å²) in [6.45, 7) is 0. The molecule has 0 amide bonds. The maximum absolute atomic E-state index is 13.5. The molecule has 0 atom stereocenters. The van der Waals surface area contributed by atoms with Gasteiger partial charge >= 0.3 is 0 Å². The summed E-state index contributed by atoms with van der Waals surface area (Å²) < 4.78 is 26.9. The zero-order chi connectivity index (χ0) is 12.7. The van der Waals surface area contributed by atoms with E-state index in [1.54, 1.807) is 18.2 Å². The molecule has 3 rings (SSSR count). The number of nitrogens with zero attached hydrogens (tertiary/aromatic N) is 1. The average Bonchev–Trinajstić information content (AvgIpc) is 2.78. The lowest BCUT2D eigenvalue weighted by Crippen LogP contribution is -1.85. The third kappa shape index (κ3) is 1.66. The molecule has 1 heterocycles. The molecule has 18 heavy (non-hydrogen) atoms. The van der Waals surface area contributed by atoms with Crippen LogP contribution in [0.3, 0.4) is 0 Å². The number of benzene rings is 2. The van der Waals surface area contributed by atoms with Crippen molar-refractivity contribution in [1.82, 2.24) is 9.97 Å². The largest absolute Gasteiger partial charge is 0.338 e. The minimum absolute atomic E-state index is 0.0306. The highest BCUT2D eigenvalue weighted by Gasteiger charge is 2.13. The molecule has 3 aromatic rings. The molecule has 2 aromatic carbocycles. The van der Waals surface area contributed by atoms with Gasteiger partial charge in [0.15, 0.2) is 5.82 Å². The fraction of sp³-hybridized carbons (Fsp3) is 0. The summed E-state index contributed by atoms with van der Waals surface area (Å²) in [4.78, 5) is 7.02. The number of imidazole rings is 1. The van der Waals surface area contributed by atoms with Crippen molar-refractivity contribution in [3.05, 3.63) is 53.1 Å². The molecule has 0 spiro atoms. The summed E-state index contributed by atoms with van der Waals surface area (Å²) in [6, 6.07) is 9.01. The number of para-hydroxylation sites is 1. The molecule has 1 N–H and O–H groups in total. The van der Waals surface area contributed by atoms with Crippen molar-refractivity contribution in [2.45, 2.75) is 0 Å². The Morgan fingerprint density at radius 3 is 2.50 bits per heavy atom. The predicted molar refractivity (Wildman–Crippen MR) is 66.5 cm³/mol. The third-order valence-electron chi connectivity index (χ3n) is 2.67. The Labute approximate surface area is 106 Å². The van der Waals surface area contributed by atoms with Gasteiger partial charge in [-0.25, -0.2) is 13.8 Å². The average molecular weight is 265 g/mol. The number of hydrogen-bond acceptors (Lipinski definition) is 1. The summed E-state index contributed by atoms with van der Waals surface area (Å²) in [5.74, 6) is -0.614. The Hall–Kier alpha value is -1.94. The molecule has 0 unspecified atom stereocenters. The first-order valence-corrected chi connectivity index (χ1v) is 5.63. The summed E-state index contributed by atoms with van der Waals surface area (Å²) in [6.07, 6.45) is 0. The van der Waals surface area contributed by atoms with Crippen molar-refractivity contribution >= 4 is 22.6 Å². The lowest BCUT2D eigenvalue weighted by molar-refractivity contribution is 0.628. The van der Waals surface area contributed by atoms with Crippen LogP contribution in [0, 0.1) is 11.6 Å². The first-order valence-electron chi connectivity index (χ1n) is 5.25. The van der Waals surface area contributed by atoms with Gasteiger partial charge in [0.25, 0.3) is 0 Å². The normalized spacial score (nSPS) is 11.1. The van der Waals surface area contributed by atoms with Gasteiger partial charge in [-0.2, -0.15) is 0 Å². The van der Waals surface area contributed by atoms with E-state index >= 15 is 0 Å². The quantitative estimate of drug-likeness (QED) is 0.702. The van der Waals surface area contributed by atoms with Gasteiger partial charge in [0.2, 0.25) is 0 Å². The lowest BCUT2D eigenvalue weighted by atomic mass is 10.2. The van der Waals surface area contributed by atoms with E-state index in [0.717, 1.165) is 0 Å². The molecule has 0 saturated heterocycles. The van der Waals surface area contributed by atoms with E-state index in [9.17, 15) is 8.78 Å². The molecule has 1 aromatic heterocycles. The standard InChI is InChI=1S/C13H7ClF2N2/c14-11-7(3-1-4-8(11)15)13-17-10-6-2-5-9(16)12(10)18-13/h1-6H,(H,17,18). The minimum Gasteiger partial charge on any atom is -0.338 e. The number of H-pyrrole nitrogens is 1. The van der Waals surface area contributed by atoms with Crippen molar-refractivity contribution in [3.8, 4) is 11.4 Å². The number of aromatic amines is 1. The van der Waals surface area contributed by atoms with Crippen LogP contribution in [-0.4, -0.2) is 9.97 Å². The first kappa shape index (κ1) is 11.2. The number of halogens is 3. The Morgan fingerprint density at radius 2 is 1.72 bits per heavy atom. The highest BCUT2D eigenvalue weighted by molar-refractivity contribution is 6.33. The molecule has 0 bridgehead atoms. The molecule has 5 heteroatoms. The van der Waals surface area contributed by atoms with Crippen LogP contribution in [0.15, 0.2) is 36.4 Å². The van der Waals surface area contributed by atoms with Gasteiger partial charge in [-0.1, -0.05) is 23.7 Å². The second kappa shape index (κ2) is 4.07. The zero-order valence-corrected chi connectivity index (χ0v) is 9.80. The summed E-state index contributed by atoms with van der Waals surface area (Å²) in [5, 5.41) is -0.0306. The number of hydrogen-bond donors (Lipinski definition) is 1. The molecular formula is C13H7ClF2N2. The predicted octanol–water partition coefficient (Wildman–Crippen LogP) is 4.16. The monoisotopic (exact) mass is 264 g/mol. The van der Waals surface area contributed by atoms with Crippen LogP contribution in [0.25, 0.3) is 22.4 Å². The van der Waals surface area contributed by atoms with Gasteiger partial charge in [-0.05, 0) is 24.3 Å². The van der Waals surface area contributed by atoms with Crippen molar-refractivity contribution in [3.63, 3.8) is 0 Å². The Balaban J connectivity index is 2.26. The Kier molecular flexibility index (Phi) is 2.52. The number of fused-ring (bicyclic) bond motifs is 1. The molecular weight excluding hydrogens is 258 g/mol. The van der Waals surface area contributed by atoms with Gasteiger partial charge in [-0.15, -0.1) is 0 Å². The number of nitrogens with one attached hydrogen (secondary N) is 1. The summed E-state index contributed by atoms with van der Waals surface area (Å²) >= 11 is 5.87. The maximum atomic E-state index is 13.5. The van der Waals surface area contributed by atoms with Crippen LogP contribution in [-0.2, 0) is 0 Å². The van der Waals surface area contributed by atoms with Crippen molar-refractivity contribution in [2.24, 2.45) is 0 Å². The van der Waals surface area contributed by atoms with Gasteiger partial charge in [-0.3, -0.25) is 0 Å². The highest BCUT2D eigenvalue weighted by atomic mass is 35.5. The van der Waals surface area contributed by atoms with Gasteiger partial charge in [0, 0.05) is 5.56 Å². The molecule has 0 saturated carbocycles. The summed E-state index contributed by atoms with van der Waals surface area (Å²) in [5.41, 5.74) is 1.17. The topological polar surface area (TPSA) is 28.7 Å². The molecule has 0 radical (unpaired) electrons. The summed E-state index contributed by atoms with van der Waals surface area (Å²) in [7, 11) is 0. The first-order chi connectivity index (χ1) is 8.66. The Morgan fingerprint density at radius 1 is 1.00 bits per heavy atom. The van der Waals surface area contributed by atoms with Gasteiger partial charge < -0.3 is 4.98 Å². The molecule has 90 valence electrons. The fourth-order valence-electron chi connectivity index (χ4n) is 1.81. The molecule has 0 fully saturated rings. The lowest BCUT2D eigenvalue weighted by Gasteiger charge is -2.00. The van der Waals surface area contributed by atoms with Crippen molar-refractivity contribution < 1.29 is 8.78 Å². The fourth-order valence-corrected chi connectivity index (χ4v) is 2.03. The molecule has 0 aliphatic heterocycles. The van der Waals surface area contributed by atoms with E-state index in [1.807, 2.05) is 0 Å².